The molecule has 10 nitrogen and oxygen atoms in total. The summed E-state index contributed by atoms with van der Waals surface area (Å²) in [6, 6.07) is 11.2. The average molecular weight is 412 g/mol. The van der Waals surface area contributed by atoms with Crippen LogP contribution in [0.25, 0.3) is 0 Å². The minimum atomic E-state index is -0.832. The first-order chi connectivity index (χ1) is 14.5. The van der Waals surface area contributed by atoms with E-state index in [0.717, 1.165) is 18.4 Å². The molecule has 0 radical (unpaired) electrons. The van der Waals surface area contributed by atoms with Crippen molar-refractivity contribution >= 4 is 23.7 Å². The maximum Gasteiger partial charge on any atom is 0.329 e. The van der Waals surface area contributed by atoms with Crippen LogP contribution in [-0.4, -0.2) is 36.1 Å². The number of ether oxygens (including phenoxy) is 2. The first-order valence-corrected chi connectivity index (χ1v) is 9.14. The summed E-state index contributed by atoms with van der Waals surface area (Å²) in [7, 11) is 1.50. The lowest BCUT2D eigenvalue weighted by Gasteiger charge is -2.11. The minimum Gasteiger partial charge on any atom is -0.493 e. The number of benzene rings is 2. The first kappa shape index (κ1) is 20.8. The Kier molecular flexibility index (Phi) is 6.58. The zero-order valence-corrected chi connectivity index (χ0v) is 16.2. The van der Waals surface area contributed by atoms with E-state index in [1.807, 2.05) is 0 Å². The molecule has 2 amide bonds. The lowest BCUT2D eigenvalue weighted by atomic mass is 10.2. The van der Waals surface area contributed by atoms with E-state index in [1.54, 1.807) is 30.3 Å². The number of amides is 2. The highest BCUT2D eigenvalue weighted by atomic mass is 16.6. The van der Waals surface area contributed by atoms with Crippen LogP contribution in [0.5, 0.6) is 11.5 Å². The molecule has 30 heavy (non-hydrogen) atoms. The van der Waals surface area contributed by atoms with E-state index in [1.165, 1.54) is 25.5 Å². The lowest BCUT2D eigenvalue weighted by molar-refractivity contribution is -0.384. The Morgan fingerprint density at radius 2 is 1.90 bits per heavy atom. The largest absolute Gasteiger partial charge is 0.493 e. The summed E-state index contributed by atoms with van der Waals surface area (Å²) in [6.45, 7) is 0.174. The molecule has 0 bridgehead atoms. The minimum absolute atomic E-state index is 0.00222. The fraction of sp³-hybridized carbons (Fsp3) is 0.250. The fourth-order valence-electron chi connectivity index (χ4n) is 2.46. The highest BCUT2D eigenvalue weighted by Gasteiger charge is 2.26. The molecule has 0 atom stereocenters. The molecule has 3 rings (SSSR count). The van der Waals surface area contributed by atoms with Gasteiger partial charge in [0.2, 0.25) is 0 Å². The molecule has 0 spiro atoms. The van der Waals surface area contributed by atoms with Crippen molar-refractivity contribution in [2.75, 3.05) is 7.11 Å². The Bertz CT molecular complexity index is 970. The smallest absolute Gasteiger partial charge is 0.329 e. The zero-order chi connectivity index (χ0) is 21.5. The predicted molar refractivity (Wildman–Crippen MR) is 107 cm³/mol. The van der Waals surface area contributed by atoms with Gasteiger partial charge in [-0.25, -0.2) is 5.43 Å². The van der Waals surface area contributed by atoms with Crippen LogP contribution in [0.4, 0.5) is 5.69 Å². The van der Waals surface area contributed by atoms with E-state index >= 15 is 0 Å². The highest BCUT2D eigenvalue weighted by Crippen LogP contribution is 2.28. The third-order valence-electron chi connectivity index (χ3n) is 4.23. The van der Waals surface area contributed by atoms with Gasteiger partial charge in [0.1, 0.15) is 6.61 Å². The second kappa shape index (κ2) is 9.50. The van der Waals surface area contributed by atoms with Gasteiger partial charge in [0, 0.05) is 18.2 Å². The molecule has 1 saturated carbocycles. The highest BCUT2D eigenvalue weighted by molar-refractivity contribution is 6.35. The summed E-state index contributed by atoms with van der Waals surface area (Å²) < 4.78 is 11.0. The van der Waals surface area contributed by atoms with Crippen LogP contribution >= 0.6 is 0 Å². The van der Waals surface area contributed by atoms with E-state index in [2.05, 4.69) is 15.8 Å². The van der Waals surface area contributed by atoms with E-state index < -0.39 is 16.7 Å². The second-order valence-electron chi connectivity index (χ2n) is 6.57. The maximum atomic E-state index is 11.7. The number of methoxy groups -OCH3 is 1. The van der Waals surface area contributed by atoms with Gasteiger partial charge in [-0.1, -0.05) is 0 Å². The predicted octanol–water partition coefficient (Wildman–Crippen LogP) is 1.91. The summed E-state index contributed by atoms with van der Waals surface area (Å²) in [6.07, 6.45) is 3.15. The Morgan fingerprint density at radius 1 is 1.17 bits per heavy atom. The lowest BCUT2D eigenvalue weighted by Crippen LogP contribution is -2.38. The van der Waals surface area contributed by atoms with Gasteiger partial charge in [-0.05, 0) is 54.3 Å². The van der Waals surface area contributed by atoms with Crippen LogP contribution in [0, 0.1) is 10.1 Å². The van der Waals surface area contributed by atoms with Crippen molar-refractivity contribution in [2.45, 2.75) is 25.5 Å². The van der Waals surface area contributed by atoms with E-state index in [9.17, 15) is 19.7 Å². The number of non-ortho nitro benzene ring substituents is 1. The van der Waals surface area contributed by atoms with E-state index in [0.29, 0.717) is 17.1 Å². The standard InChI is InChI=1S/C20H20N4O6/c1-29-17-9-4-14(11-21-23-20(26)19(25)22-15-5-6-15)10-18(17)30-12-13-2-7-16(8-3-13)24(27)28/h2-4,7-11,15H,5-6,12H2,1H3,(H,22,25)(H,23,26)/b21-11-. The van der Waals surface area contributed by atoms with Gasteiger partial charge in [-0.2, -0.15) is 5.10 Å². The number of carbonyl (C=O) groups excluding carboxylic acids is 2. The summed E-state index contributed by atoms with van der Waals surface area (Å²) >= 11 is 0. The number of hydrogen-bond donors (Lipinski definition) is 2. The summed E-state index contributed by atoms with van der Waals surface area (Å²) in [4.78, 5) is 33.5. The molecule has 0 saturated heterocycles. The monoisotopic (exact) mass is 412 g/mol. The molecule has 2 aromatic rings. The number of rotatable bonds is 8. The molecule has 0 aliphatic heterocycles. The van der Waals surface area contributed by atoms with Crippen LogP contribution in [-0.2, 0) is 16.2 Å². The topological polar surface area (TPSA) is 132 Å². The molecule has 0 aromatic heterocycles. The number of carbonyl (C=O) groups is 2. The van der Waals surface area contributed by atoms with Crippen LogP contribution in [0.1, 0.15) is 24.0 Å². The molecule has 1 aliphatic carbocycles. The van der Waals surface area contributed by atoms with Gasteiger partial charge < -0.3 is 14.8 Å². The maximum absolute atomic E-state index is 11.7. The Morgan fingerprint density at radius 3 is 2.53 bits per heavy atom. The Hall–Kier alpha value is -3.95. The van der Waals surface area contributed by atoms with Crippen molar-refractivity contribution in [3.05, 3.63) is 63.7 Å². The first-order valence-electron chi connectivity index (χ1n) is 9.14. The second-order valence-corrected chi connectivity index (χ2v) is 6.57. The van der Waals surface area contributed by atoms with Gasteiger partial charge in [-0.15, -0.1) is 0 Å². The van der Waals surface area contributed by atoms with Crippen LogP contribution < -0.4 is 20.2 Å². The van der Waals surface area contributed by atoms with E-state index in [-0.39, 0.29) is 18.3 Å². The van der Waals surface area contributed by atoms with Crippen molar-refractivity contribution in [3.63, 3.8) is 0 Å². The van der Waals surface area contributed by atoms with Crippen molar-refractivity contribution in [2.24, 2.45) is 5.10 Å². The number of nitro benzene ring substituents is 1. The molecule has 0 unspecified atom stereocenters. The van der Waals surface area contributed by atoms with E-state index in [4.69, 9.17) is 9.47 Å². The van der Waals surface area contributed by atoms with Crippen molar-refractivity contribution in [3.8, 4) is 11.5 Å². The molecule has 156 valence electrons. The molecule has 1 aliphatic rings. The quantitative estimate of drug-likeness (QED) is 0.295. The Balaban J connectivity index is 1.60. The van der Waals surface area contributed by atoms with Crippen LogP contribution in [0.15, 0.2) is 47.6 Å². The molecule has 10 heteroatoms. The Labute approximate surface area is 172 Å². The fourth-order valence-corrected chi connectivity index (χ4v) is 2.46. The number of hydrogen-bond acceptors (Lipinski definition) is 7. The van der Waals surface area contributed by atoms with Gasteiger partial charge in [0.25, 0.3) is 5.69 Å². The van der Waals surface area contributed by atoms with Crippen molar-refractivity contribution in [1.29, 1.82) is 0 Å². The average Bonchev–Trinajstić information content (AvgIpc) is 3.56. The molecule has 2 N–H and O–H groups in total. The van der Waals surface area contributed by atoms with Gasteiger partial charge >= 0.3 is 11.8 Å². The number of nitrogens with zero attached hydrogens (tertiary/aromatic N) is 2. The molecule has 1 fully saturated rings. The zero-order valence-electron chi connectivity index (χ0n) is 16.2. The van der Waals surface area contributed by atoms with Crippen LogP contribution in [0.2, 0.25) is 0 Å². The van der Waals surface area contributed by atoms with Crippen molar-refractivity contribution < 1.29 is 24.0 Å². The van der Waals surface area contributed by atoms with Gasteiger partial charge in [0.15, 0.2) is 11.5 Å². The number of hydrazone groups is 1. The molecular formula is C20H20N4O6. The molecule has 2 aromatic carbocycles. The third kappa shape index (κ3) is 5.77. The number of nitrogens with one attached hydrogen (secondary N) is 2. The third-order valence-corrected chi connectivity index (χ3v) is 4.23. The summed E-state index contributed by atoms with van der Waals surface area (Å²) in [5.74, 6) is -0.627. The summed E-state index contributed by atoms with van der Waals surface area (Å²) in [5, 5.41) is 17.1. The molecule has 0 heterocycles. The SMILES string of the molecule is COc1ccc(/C=N\NC(=O)C(=O)NC2CC2)cc1OCc1ccc([N+](=O)[O-])cc1. The molecular weight excluding hydrogens is 392 g/mol. The van der Waals surface area contributed by atoms with Gasteiger partial charge in [-0.3, -0.25) is 19.7 Å². The number of nitro groups is 1. The normalized spacial score (nSPS) is 13.0. The van der Waals surface area contributed by atoms with Crippen LogP contribution in [0.3, 0.4) is 0 Å². The van der Waals surface area contributed by atoms with Crippen molar-refractivity contribution in [1.82, 2.24) is 10.7 Å². The van der Waals surface area contributed by atoms with Gasteiger partial charge in [0.05, 0.1) is 18.2 Å². The summed E-state index contributed by atoms with van der Waals surface area (Å²) in [5.41, 5.74) is 3.53.